The molecule has 2 unspecified atom stereocenters. The zero-order chi connectivity index (χ0) is 9.10. The van der Waals surface area contributed by atoms with Crippen LogP contribution in [0.1, 0.15) is 19.3 Å². The third kappa shape index (κ3) is 1.76. The summed E-state index contributed by atoms with van der Waals surface area (Å²) in [7, 11) is 0. The van der Waals surface area contributed by atoms with Gasteiger partial charge < -0.3 is 5.32 Å². The first kappa shape index (κ1) is 8.78. The van der Waals surface area contributed by atoms with Crippen molar-refractivity contribution in [2.45, 2.75) is 25.3 Å². The number of hydrazine groups is 1. The van der Waals surface area contributed by atoms with Gasteiger partial charge >= 0.3 is 0 Å². The lowest BCUT2D eigenvalue weighted by Gasteiger charge is -2.23. The van der Waals surface area contributed by atoms with E-state index in [1.54, 1.807) is 0 Å². The lowest BCUT2D eigenvalue weighted by atomic mass is 9.85. The van der Waals surface area contributed by atoms with Crippen LogP contribution in [-0.4, -0.2) is 12.6 Å². The summed E-state index contributed by atoms with van der Waals surface area (Å²) < 4.78 is 0. The van der Waals surface area contributed by atoms with Gasteiger partial charge in [-0.2, -0.15) is 0 Å². The zero-order valence-electron chi connectivity index (χ0n) is 7.79. The van der Waals surface area contributed by atoms with Gasteiger partial charge in [0.05, 0.1) is 0 Å². The third-order valence-corrected chi connectivity index (χ3v) is 2.95. The van der Waals surface area contributed by atoms with E-state index in [9.17, 15) is 0 Å². The van der Waals surface area contributed by atoms with Crippen molar-refractivity contribution in [3.05, 3.63) is 23.9 Å². The maximum Gasteiger partial charge on any atom is 0.0359 e. The lowest BCUT2D eigenvalue weighted by Crippen LogP contribution is -2.29. The van der Waals surface area contributed by atoms with Crippen LogP contribution in [0.25, 0.3) is 0 Å². The zero-order valence-corrected chi connectivity index (χ0v) is 7.79. The molecule has 72 valence electrons. The summed E-state index contributed by atoms with van der Waals surface area (Å²) >= 11 is 0. The van der Waals surface area contributed by atoms with Crippen LogP contribution in [0, 0.1) is 5.92 Å². The van der Waals surface area contributed by atoms with E-state index in [1.165, 1.54) is 18.4 Å². The van der Waals surface area contributed by atoms with Crippen LogP contribution < -0.4 is 16.6 Å². The molecule has 2 atom stereocenters. The molecular formula is C10H17N3. The van der Waals surface area contributed by atoms with E-state index in [0.717, 1.165) is 18.9 Å². The highest BCUT2D eigenvalue weighted by molar-refractivity contribution is 5.20. The number of fused-ring (bicyclic) bond motifs is 1. The van der Waals surface area contributed by atoms with Gasteiger partial charge in [-0.05, 0) is 31.0 Å². The average Bonchev–Trinajstić information content (AvgIpc) is 2.58. The number of hydrogen-bond acceptors (Lipinski definition) is 3. The molecule has 0 bridgehead atoms. The molecule has 3 heteroatoms. The smallest absolute Gasteiger partial charge is 0.0359 e. The van der Waals surface area contributed by atoms with Gasteiger partial charge in [0.2, 0.25) is 0 Å². The van der Waals surface area contributed by atoms with Gasteiger partial charge in [-0.15, -0.1) is 0 Å². The topological polar surface area (TPSA) is 50.1 Å². The molecule has 3 nitrogen and oxygen atoms in total. The van der Waals surface area contributed by atoms with Crippen LogP contribution in [0.15, 0.2) is 23.9 Å². The summed E-state index contributed by atoms with van der Waals surface area (Å²) in [4.78, 5) is 0. The second kappa shape index (κ2) is 3.94. The van der Waals surface area contributed by atoms with Crippen LogP contribution in [0.5, 0.6) is 0 Å². The first-order chi connectivity index (χ1) is 6.42. The maximum atomic E-state index is 5.26. The Bertz CT molecular complexity index is 232. The summed E-state index contributed by atoms with van der Waals surface area (Å²) in [5, 5.41) is 3.44. The summed E-state index contributed by atoms with van der Waals surface area (Å²) in [6.45, 7) is 0.875. The van der Waals surface area contributed by atoms with E-state index in [-0.39, 0.29) is 0 Å². The fourth-order valence-corrected chi connectivity index (χ4v) is 2.20. The average molecular weight is 179 g/mol. The summed E-state index contributed by atoms with van der Waals surface area (Å²) in [6.07, 6.45) is 10.2. The van der Waals surface area contributed by atoms with Crippen molar-refractivity contribution >= 4 is 0 Å². The number of nitrogens with one attached hydrogen (secondary N) is 2. The second-order valence-electron chi connectivity index (χ2n) is 3.75. The molecule has 0 radical (unpaired) electrons. The highest BCUT2D eigenvalue weighted by Gasteiger charge is 2.28. The van der Waals surface area contributed by atoms with Crippen LogP contribution >= 0.6 is 0 Å². The Morgan fingerprint density at radius 1 is 1.46 bits per heavy atom. The van der Waals surface area contributed by atoms with E-state index in [1.807, 2.05) is 0 Å². The van der Waals surface area contributed by atoms with Crippen molar-refractivity contribution < 1.29 is 0 Å². The van der Waals surface area contributed by atoms with Gasteiger partial charge in [-0.3, -0.25) is 11.3 Å². The summed E-state index contributed by atoms with van der Waals surface area (Å²) in [5.41, 5.74) is 4.22. The Morgan fingerprint density at radius 3 is 3.15 bits per heavy atom. The Labute approximate surface area is 79.0 Å². The van der Waals surface area contributed by atoms with E-state index >= 15 is 0 Å². The van der Waals surface area contributed by atoms with E-state index in [2.05, 4.69) is 29.1 Å². The fraction of sp³-hybridized carbons (Fsp3) is 0.600. The van der Waals surface area contributed by atoms with Gasteiger partial charge in [0.1, 0.15) is 0 Å². The molecule has 13 heavy (non-hydrogen) atoms. The molecule has 0 aromatic heterocycles. The first-order valence-corrected chi connectivity index (χ1v) is 4.95. The van der Waals surface area contributed by atoms with Crippen LogP contribution in [0.2, 0.25) is 0 Å². The second-order valence-corrected chi connectivity index (χ2v) is 3.75. The van der Waals surface area contributed by atoms with Crippen molar-refractivity contribution in [1.29, 1.82) is 0 Å². The van der Waals surface area contributed by atoms with Crippen molar-refractivity contribution in [3.8, 4) is 0 Å². The predicted molar refractivity (Wildman–Crippen MR) is 53.7 cm³/mol. The SMILES string of the molecule is NNCCC1=CNC2CC=CCC12. The predicted octanol–water partition coefficient (Wildman–Crippen LogP) is 0.662. The molecule has 0 saturated carbocycles. The Balaban J connectivity index is 1.94. The monoisotopic (exact) mass is 179 g/mol. The van der Waals surface area contributed by atoms with Gasteiger partial charge in [0.25, 0.3) is 0 Å². The van der Waals surface area contributed by atoms with E-state index in [4.69, 9.17) is 5.84 Å². The normalized spacial score (nSPS) is 31.0. The molecular weight excluding hydrogens is 162 g/mol. The van der Waals surface area contributed by atoms with Crippen LogP contribution in [0.4, 0.5) is 0 Å². The summed E-state index contributed by atoms with van der Waals surface area (Å²) in [5.74, 6) is 5.98. The quantitative estimate of drug-likeness (QED) is 0.339. The molecule has 2 aliphatic rings. The van der Waals surface area contributed by atoms with E-state index in [0.29, 0.717) is 6.04 Å². The number of rotatable bonds is 3. The molecule has 0 fully saturated rings. The number of hydrogen-bond donors (Lipinski definition) is 3. The number of nitrogens with two attached hydrogens (primary N) is 1. The highest BCUT2D eigenvalue weighted by atomic mass is 15.2. The third-order valence-electron chi connectivity index (χ3n) is 2.95. The van der Waals surface area contributed by atoms with Gasteiger partial charge in [-0.25, -0.2) is 0 Å². The fourth-order valence-electron chi connectivity index (χ4n) is 2.20. The Morgan fingerprint density at radius 2 is 2.31 bits per heavy atom. The minimum Gasteiger partial charge on any atom is -0.387 e. The highest BCUT2D eigenvalue weighted by Crippen LogP contribution is 2.31. The van der Waals surface area contributed by atoms with Gasteiger partial charge in [-0.1, -0.05) is 12.2 Å². The molecule has 0 spiro atoms. The standard InChI is InChI=1S/C10H17N3/c11-13-6-5-8-7-12-10-4-2-1-3-9(8)10/h1-2,7,9-10,12-13H,3-6,11H2. The molecule has 1 aliphatic carbocycles. The first-order valence-electron chi connectivity index (χ1n) is 4.95. The van der Waals surface area contributed by atoms with Crippen molar-refractivity contribution in [1.82, 2.24) is 10.7 Å². The molecule has 2 rings (SSSR count). The Kier molecular flexibility index (Phi) is 2.66. The summed E-state index contributed by atoms with van der Waals surface area (Å²) in [6, 6.07) is 0.651. The molecule has 0 saturated heterocycles. The minimum atomic E-state index is 0.651. The van der Waals surface area contributed by atoms with Crippen molar-refractivity contribution in [2.24, 2.45) is 11.8 Å². The largest absolute Gasteiger partial charge is 0.387 e. The number of allylic oxidation sites excluding steroid dienone is 1. The van der Waals surface area contributed by atoms with Gasteiger partial charge in [0.15, 0.2) is 0 Å². The molecule has 1 aliphatic heterocycles. The van der Waals surface area contributed by atoms with Crippen LogP contribution in [0.3, 0.4) is 0 Å². The molecule has 0 aromatic rings. The molecule has 4 N–H and O–H groups in total. The molecule has 1 heterocycles. The Hall–Kier alpha value is -0.800. The van der Waals surface area contributed by atoms with Crippen molar-refractivity contribution in [3.63, 3.8) is 0 Å². The maximum absolute atomic E-state index is 5.26. The van der Waals surface area contributed by atoms with E-state index < -0.39 is 0 Å². The van der Waals surface area contributed by atoms with Crippen molar-refractivity contribution in [2.75, 3.05) is 6.54 Å². The lowest BCUT2D eigenvalue weighted by molar-refractivity contribution is 0.449. The molecule has 0 amide bonds. The molecule has 0 aromatic carbocycles. The minimum absolute atomic E-state index is 0.651. The van der Waals surface area contributed by atoms with Crippen LogP contribution in [-0.2, 0) is 0 Å². The van der Waals surface area contributed by atoms with Gasteiger partial charge in [0, 0.05) is 18.5 Å².